The number of nitrogens with one attached hydrogen (secondary N) is 1. The highest BCUT2D eigenvalue weighted by Gasteiger charge is 2.37. The van der Waals surface area contributed by atoms with Crippen molar-refractivity contribution in [1.29, 1.82) is 0 Å². The number of carbonyl (C=O) groups is 1. The number of ether oxygens (including phenoxy) is 1. The molecule has 3 rings (SSSR count). The SMILES string of the molecule is Cc1cc(N2CCC[C@H](NS(=O)(=O)N3C[C@@H](C)O[C@@H](C)C3)C2=O)n(C)n1. The first-order valence-electron chi connectivity index (χ1n) is 8.92. The van der Waals surface area contributed by atoms with Crippen molar-refractivity contribution in [3.05, 3.63) is 11.8 Å². The predicted molar refractivity (Wildman–Crippen MR) is 97.0 cm³/mol. The van der Waals surface area contributed by atoms with Gasteiger partial charge in [-0.2, -0.15) is 22.5 Å². The van der Waals surface area contributed by atoms with Gasteiger partial charge in [-0.05, 0) is 33.6 Å². The number of anilines is 1. The molecule has 2 saturated heterocycles. The Balaban J connectivity index is 1.74. The van der Waals surface area contributed by atoms with E-state index in [0.29, 0.717) is 18.8 Å². The molecule has 1 aromatic heterocycles. The van der Waals surface area contributed by atoms with Crippen LogP contribution in [-0.4, -0.2) is 66.3 Å². The lowest BCUT2D eigenvalue weighted by Gasteiger charge is -2.37. The van der Waals surface area contributed by atoms with Crippen LogP contribution in [0.1, 0.15) is 32.4 Å². The summed E-state index contributed by atoms with van der Waals surface area (Å²) in [7, 11) is -1.98. The first-order chi connectivity index (χ1) is 12.2. The fraction of sp³-hybridized carbons (Fsp3) is 0.750. The number of aryl methyl sites for hydroxylation is 2. The molecule has 1 N–H and O–H groups in total. The molecule has 0 aliphatic carbocycles. The molecule has 0 radical (unpaired) electrons. The van der Waals surface area contributed by atoms with Crippen molar-refractivity contribution >= 4 is 21.9 Å². The Morgan fingerprint density at radius 3 is 2.50 bits per heavy atom. The lowest BCUT2D eigenvalue weighted by Crippen LogP contribution is -2.58. The molecule has 0 bridgehead atoms. The highest BCUT2D eigenvalue weighted by molar-refractivity contribution is 7.87. The van der Waals surface area contributed by atoms with E-state index in [1.54, 1.807) is 16.6 Å². The molecule has 0 spiro atoms. The standard InChI is InChI=1S/C16H27N5O4S/c1-11-8-15(19(4)17-11)21-7-5-6-14(16(21)22)18-26(23,24)20-9-12(2)25-13(3)10-20/h8,12-14,18H,5-7,9-10H2,1-4H3/t12-,13+,14-/m0/s1. The fourth-order valence-electron chi connectivity index (χ4n) is 3.64. The third-order valence-electron chi connectivity index (χ3n) is 4.71. The maximum atomic E-state index is 12.9. The third-order valence-corrected chi connectivity index (χ3v) is 6.27. The minimum absolute atomic E-state index is 0.175. The highest BCUT2D eigenvalue weighted by Crippen LogP contribution is 2.23. The van der Waals surface area contributed by atoms with Gasteiger partial charge in [0.15, 0.2) is 0 Å². The first kappa shape index (κ1) is 19.3. The summed E-state index contributed by atoms with van der Waals surface area (Å²) < 4.78 is 36.8. The van der Waals surface area contributed by atoms with E-state index in [4.69, 9.17) is 4.74 Å². The smallest absolute Gasteiger partial charge is 0.280 e. The van der Waals surface area contributed by atoms with Gasteiger partial charge in [-0.15, -0.1) is 0 Å². The van der Waals surface area contributed by atoms with E-state index in [9.17, 15) is 13.2 Å². The summed E-state index contributed by atoms with van der Waals surface area (Å²) in [6.07, 6.45) is 0.859. The Bertz CT molecular complexity index is 768. The number of carbonyl (C=O) groups excluding carboxylic acids is 1. The monoisotopic (exact) mass is 385 g/mol. The number of aromatic nitrogens is 2. The Hall–Kier alpha value is -1.49. The van der Waals surface area contributed by atoms with E-state index in [0.717, 1.165) is 12.1 Å². The predicted octanol–water partition coefficient (Wildman–Crippen LogP) is 0.168. The van der Waals surface area contributed by atoms with Crippen LogP contribution in [0.2, 0.25) is 0 Å². The number of hydrogen-bond donors (Lipinski definition) is 1. The minimum Gasteiger partial charge on any atom is -0.373 e. The van der Waals surface area contributed by atoms with Crippen LogP contribution >= 0.6 is 0 Å². The molecule has 3 atom stereocenters. The van der Waals surface area contributed by atoms with E-state index in [1.165, 1.54) is 4.31 Å². The van der Waals surface area contributed by atoms with E-state index in [1.807, 2.05) is 26.8 Å². The molecular formula is C16H27N5O4S. The second-order valence-electron chi connectivity index (χ2n) is 7.15. The Kier molecular flexibility index (Phi) is 5.38. The molecule has 0 saturated carbocycles. The van der Waals surface area contributed by atoms with Crippen molar-refractivity contribution in [2.24, 2.45) is 7.05 Å². The van der Waals surface area contributed by atoms with Crippen LogP contribution in [0.25, 0.3) is 0 Å². The number of piperidine rings is 1. The van der Waals surface area contributed by atoms with Crippen LogP contribution < -0.4 is 9.62 Å². The summed E-state index contributed by atoms with van der Waals surface area (Å²) >= 11 is 0. The van der Waals surface area contributed by atoms with Gasteiger partial charge in [-0.25, -0.2) is 0 Å². The van der Waals surface area contributed by atoms with Crippen LogP contribution in [0.15, 0.2) is 6.07 Å². The van der Waals surface area contributed by atoms with Crippen LogP contribution in [0, 0.1) is 6.92 Å². The second kappa shape index (κ2) is 7.26. The zero-order chi connectivity index (χ0) is 19.1. The number of morpholine rings is 1. The normalized spacial score (nSPS) is 28.5. The molecule has 0 aromatic carbocycles. The molecule has 9 nitrogen and oxygen atoms in total. The number of hydrogen-bond acceptors (Lipinski definition) is 5. The molecular weight excluding hydrogens is 358 g/mol. The molecule has 146 valence electrons. The van der Waals surface area contributed by atoms with Gasteiger partial charge in [0.05, 0.1) is 17.9 Å². The van der Waals surface area contributed by atoms with Crippen molar-refractivity contribution in [1.82, 2.24) is 18.8 Å². The second-order valence-corrected chi connectivity index (χ2v) is 8.85. The molecule has 2 aliphatic heterocycles. The summed E-state index contributed by atoms with van der Waals surface area (Å²) in [5.41, 5.74) is 0.814. The van der Waals surface area contributed by atoms with Gasteiger partial charge in [0.1, 0.15) is 11.9 Å². The molecule has 2 aliphatic rings. The van der Waals surface area contributed by atoms with Crippen LogP contribution in [0.5, 0.6) is 0 Å². The fourth-order valence-corrected chi connectivity index (χ4v) is 5.18. The van der Waals surface area contributed by atoms with Gasteiger partial charge in [0, 0.05) is 32.7 Å². The van der Waals surface area contributed by atoms with Crippen molar-refractivity contribution in [3.8, 4) is 0 Å². The van der Waals surface area contributed by atoms with Gasteiger partial charge in [-0.3, -0.25) is 14.4 Å². The first-order valence-corrected chi connectivity index (χ1v) is 10.4. The summed E-state index contributed by atoms with van der Waals surface area (Å²) in [5, 5.41) is 4.27. The van der Waals surface area contributed by atoms with Gasteiger partial charge < -0.3 is 4.74 Å². The van der Waals surface area contributed by atoms with Crippen LogP contribution in [0.3, 0.4) is 0 Å². The Labute approximate surface area is 154 Å². The average molecular weight is 385 g/mol. The maximum Gasteiger partial charge on any atom is 0.280 e. The van der Waals surface area contributed by atoms with E-state index < -0.39 is 16.3 Å². The summed E-state index contributed by atoms with van der Waals surface area (Å²) in [6, 6.07) is 1.07. The summed E-state index contributed by atoms with van der Waals surface area (Å²) in [4.78, 5) is 14.5. The highest BCUT2D eigenvalue weighted by atomic mass is 32.2. The zero-order valence-corrected chi connectivity index (χ0v) is 16.5. The lowest BCUT2D eigenvalue weighted by atomic mass is 10.1. The van der Waals surface area contributed by atoms with Crippen LogP contribution in [0.4, 0.5) is 5.82 Å². The Morgan fingerprint density at radius 1 is 1.27 bits per heavy atom. The molecule has 1 amide bonds. The van der Waals surface area contributed by atoms with Gasteiger partial charge >= 0.3 is 0 Å². The largest absolute Gasteiger partial charge is 0.373 e. The third kappa shape index (κ3) is 3.93. The Morgan fingerprint density at radius 2 is 1.92 bits per heavy atom. The lowest BCUT2D eigenvalue weighted by molar-refractivity contribution is -0.121. The van der Waals surface area contributed by atoms with Crippen LogP contribution in [-0.2, 0) is 26.8 Å². The molecule has 1 aromatic rings. The summed E-state index contributed by atoms with van der Waals surface area (Å²) in [5.74, 6) is 0.446. The van der Waals surface area contributed by atoms with Gasteiger partial charge in [0.25, 0.3) is 10.2 Å². The van der Waals surface area contributed by atoms with E-state index >= 15 is 0 Å². The number of nitrogens with zero attached hydrogens (tertiary/aromatic N) is 4. The van der Waals surface area contributed by atoms with Crippen molar-refractivity contribution in [2.45, 2.75) is 51.9 Å². The number of amides is 1. The van der Waals surface area contributed by atoms with Gasteiger partial charge in [-0.1, -0.05) is 0 Å². The molecule has 26 heavy (non-hydrogen) atoms. The quantitative estimate of drug-likeness (QED) is 0.797. The maximum absolute atomic E-state index is 12.9. The van der Waals surface area contributed by atoms with Crippen molar-refractivity contribution in [2.75, 3.05) is 24.5 Å². The van der Waals surface area contributed by atoms with E-state index in [2.05, 4.69) is 9.82 Å². The number of rotatable bonds is 4. The van der Waals surface area contributed by atoms with E-state index in [-0.39, 0.29) is 31.2 Å². The zero-order valence-electron chi connectivity index (χ0n) is 15.7. The van der Waals surface area contributed by atoms with Crippen molar-refractivity contribution in [3.63, 3.8) is 0 Å². The summed E-state index contributed by atoms with van der Waals surface area (Å²) in [6.45, 7) is 6.67. The molecule has 3 heterocycles. The molecule has 2 fully saturated rings. The van der Waals surface area contributed by atoms with Gasteiger partial charge in [0.2, 0.25) is 5.91 Å². The minimum atomic E-state index is -3.76. The molecule has 0 unspecified atom stereocenters. The van der Waals surface area contributed by atoms with Crippen molar-refractivity contribution < 1.29 is 17.9 Å². The average Bonchev–Trinajstić information content (AvgIpc) is 2.87. The molecule has 10 heteroatoms. The topological polar surface area (TPSA) is 96.8 Å².